The van der Waals surface area contributed by atoms with Crippen molar-refractivity contribution in [3.63, 3.8) is 0 Å². The van der Waals surface area contributed by atoms with Crippen LogP contribution in [0, 0.1) is 0 Å². The molecule has 0 saturated carbocycles. The molecular weight excluding hydrogens is 416 g/mol. The van der Waals surface area contributed by atoms with Gasteiger partial charge in [-0.1, -0.05) is 5.16 Å². The summed E-state index contributed by atoms with van der Waals surface area (Å²) in [5.74, 6) is 1.27. The first-order valence-corrected chi connectivity index (χ1v) is 10.3. The molecule has 1 aromatic carbocycles. The number of likely N-dealkylation sites (tertiary alicyclic amines) is 1. The molecule has 1 aliphatic heterocycles. The van der Waals surface area contributed by atoms with Crippen molar-refractivity contribution >= 4 is 28.9 Å². The van der Waals surface area contributed by atoms with Gasteiger partial charge in [0.05, 0.1) is 11.7 Å². The van der Waals surface area contributed by atoms with Gasteiger partial charge in [-0.3, -0.25) is 4.90 Å². The molecule has 5 rings (SSSR count). The third-order valence-corrected chi connectivity index (χ3v) is 5.83. The standard InChI is InChI=1S/C23H24N4O3.ClH/c1-16-4-2-8-26(16)10-11-29-18-6-7-22-19(13-18)20(25-28)14-23(30-22)21-12-17-5-3-9-27(17)15-24-21;/h3,5-7,9,12-16,28H,2,4,8,10-11H2,1H3;1H/b25-20-;. The molecule has 4 aromatic rings. The molecule has 1 aliphatic rings. The van der Waals surface area contributed by atoms with Gasteiger partial charge in [0.1, 0.15) is 29.0 Å². The Morgan fingerprint density at radius 2 is 2.16 bits per heavy atom. The Balaban J connectivity index is 0.00000231. The van der Waals surface area contributed by atoms with Gasteiger partial charge in [0.25, 0.3) is 0 Å². The summed E-state index contributed by atoms with van der Waals surface area (Å²) in [4.78, 5) is 6.90. The second-order valence-corrected chi connectivity index (χ2v) is 7.74. The van der Waals surface area contributed by atoms with Crippen LogP contribution in [0.4, 0.5) is 0 Å². The Hall–Kier alpha value is -3.03. The van der Waals surface area contributed by atoms with Crippen LogP contribution >= 0.6 is 12.4 Å². The molecule has 4 heterocycles. The highest BCUT2D eigenvalue weighted by atomic mass is 35.5. The molecule has 3 aromatic heterocycles. The fourth-order valence-corrected chi connectivity index (χ4v) is 4.12. The molecule has 1 N–H and O–H groups in total. The predicted octanol–water partition coefficient (Wildman–Crippen LogP) is 4.32. The third-order valence-electron chi connectivity index (χ3n) is 5.83. The van der Waals surface area contributed by atoms with E-state index in [1.807, 2.05) is 47.0 Å². The normalized spacial score (nSPS) is 17.3. The first-order chi connectivity index (χ1) is 14.7. The highest BCUT2D eigenvalue weighted by Gasteiger charge is 2.19. The summed E-state index contributed by atoms with van der Waals surface area (Å²) in [6, 6.07) is 13.8. The van der Waals surface area contributed by atoms with Crippen molar-refractivity contribution in [2.45, 2.75) is 25.8 Å². The molecule has 0 amide bonds. The molecule has 8 heteroatoms. The zero-order valence-corrected chi connectivity index (χ0v) is 18.1. The molecule has 1 fully saturated rings. The van der Waals surface area contributed by atoms with E-state index < -0.39 is 0 Å². The van der Waals surface area contributed by atoms with E-state index in [4.69, 9.17) is 9.15 Å². The Labute approximate surface area is 186 Å². The van der Waals surface area contributed by atoms with Gasteiger partial charge in [-0.2, -0.15) is 0 Å². The maximum absolute atomic E-state index is 9.60. The van der Waals surface area contributed by atoms with E-state index in [2.05, 4.69) is 22.0 Å². The summed E-state index contributed by atoms with van der Waals surface area (Å²) in [7, 11) is 0. The molecule has 0 spiro atoms. The highest BCUT2D eigenvalue weighted by Crippen LogP contribution is 2.25. The summed E-state index contributed by atoms with van der Waals surface area (Å²) < 4.78 is 13.9. The second kappa shape index (κ2) is 8.99. The van der Waals surface area contributed by atoms with Gasteiger partial charge in [0, 0.05) is 30.4 Å². The number of hydrogen-bond donors (Lipinski definition) is 1. The van der Waals surface area contributed by atoms with Gasteiger partial charge in [-0.25, -0.2) is 4.98 Å². The first kappa shape index (κ1) is 21.2. The van der Waals surface area contributed by atoms with E-state index in [0.717, 1.165) is 24.4 Å². The molecule has 162 valence electrons. The van der Waals surface area contributed by atoms with E-state index in [1.165, 1.54) is 12.8 Å². The smallest absolute Gasteiger partial charge is 0.155 e. The molecule has 0 radical (unpaired) electrons. The van der Waals surface area contributed by atoms with Crippen LogP contribution in [0.15, 0.2) is 64.6 Å². The summed E-state index contributed by atoms with van der Waals surface area (Å²) in [5, 5.41) is 14.2. The van der Waals surface area contributed by atoms with Crippen molar-refractivity contribution in [2.24, 2.45) is 5.16 Å². The highest BCUT2D eigenvalue weighted by molar-refractivity contribution is 5.85. The zero-order valence-electron chi connectivity index (χ0n) is 17.3. The topological polar surface area (TPSA) is 75.5 Å². The molecule has 1 saturated heterocycles. The number of fused-ring (bicyclic) bond motifs is 2. The Bertz CT molecular complexity index is 1270. The number of rotatable bonds is 5. The predicted molar refractivity (Wildman–Crippen MR) is 121 cm³/mol. The van der Waals surface area contributed by atoms with Gasteiger partial charge in [-0.05, 0) is 62.7 Å². The van der Waals surface area contributed by atoms with Gasteiger partial charge in [-0.15, -0.1) is 12.4 Å². The van der Waals surface area contributed by atoms with Gasteiger partial charge < -0.3 is 18.8 Å². The number of aromatic nitrogens is 2. The fraction of sp³-hybridized carbons (Fsp3) is 0.304. The van der Waals surface area contributed by atoms with Crippen LogP contribution in [0.3, 0.4) is 0 Å². The van der Waals surface area contributed by atoms with Gasteiger partial charge >= 0.3 is 0 Å². The quantitative estimate of drug-likeness (QED) is 0.369. The number of hydrogen-bond acceptors (Lipinski definition) is 6. The van der Waals surface area contributed by atoms with Crippen LogP contribution in [-0.2, 0) is 0 Å². The van der Waals surface area contributed by atoms with E-state index in [1.54, 1.807) is 12.4 Å². The zero-order chi connectivity index (χ0) is 20.5. The second-order valence-electron chi connectivity index (χ2n) is 7.74. The Morgan fingerprint density at radius 1 is 1.26 bits per heavy atom. The lowest BCUT2D eigenvalue weighted by Gasteiger charge is -2.20. The SMILES string of the molecule is CC1CCCN1CCOc1ccc2oc(-c3cc4cccn4cn3)c/c(=N/O)c2c1.Cl. The maximum Gasteiger partial charge on any atom is 0.155 e. The molecule has 0 bridgehead atoms. The summed E-state index contributed by atoms with van der Waals surface area (Å²) in [6.45, 7) is 4.94. The largest absolute Gasteiger partial charge is 0.492 e. The molecular formula is C23H25ClN4O3. The minimum absolute atomic E-state index is 0. The van der Waals surface area contributed by atoms with Crippen LogP contribution in [0.25, 0.3) is 27.9 Å². The van der Waals surface area contributed by atoms with Crippen LogP contribution in [0.1, 0.15) is 19.8 Å². The van der Waals surface area contributed by atoms with Gasteiger partial charge in [0.15, 0.2) is 5.76 Å². The molecule has 1 atom stereocenters. The van der Waals surface area contributed by atoms with Crippen molar-refractivity contribution in [3.8, 4) is 17.2 Å². The number of benzene rings is 1. The Kier molecular flexibility index (Phi) is 6.15. The summed E-state index contributed by atoms with van der Waals surface area (Å²) in [6.07, 6.45) is 6.19. The van der Waals surface area contributed by atoms with Crippen LogP contribution in [-0.4, -0.2) is 45.2 Å². The van der Waals surface area contributed by atoms with E-state index in [-0.39, 0.29) is 12.4 Å². The van der Waals surface area contributed by atoms with Crippen molar-refractivity contribution in [1.29, 1.82) is 0 Å². The Morgan fingerprint density at radius 3 is 2.97 bits per heavy atom. The van der Waals surface area contributed by atoms with E-state index in [0.29, 0.717) is 40.4 Å². The van der Waals surface area contributed by atoms with Crippen molar-refractivity contribution < 1.29 is 14.4 Å². The summed E-state index contributed by atoms with van der Waals surface area (Å²) in [5.41, 5.74) is 2.29. The van der Waals surface area contributed by atoms with Crippen molar-refractivity contribution in [2.75, 3.05) is 19.7 Å². The van der Waals surface area contributed by atoms with E-state index in [9.17, 15) is 5.21 Å². The van der Waals surface area contributed by atoms with Crippen molar-refractivity contribution in [3.05, 3.63) is 60.3 Å². The van der Waals surface area contributed by atoms with E-state index >= 15 is 0 Å². The molecule has 31 heavy (non-hydrogen) atoms. The summed E-state index contributed by atoms with van der Waals surface area (Å²) >= 11 is 0. The van der Waals surface area contributed by atoms with Gasteiger partial charge in [0.2, 0.25) is 0 Å². The minimum Gasteiger partial charge on any atom is -0.492 e. The lowest BCUT2D eigenvalue weighted by molar-refractivity contribution is 0.205. The number of ether oxygens (including phenoxy) is 1. The minimum atomic E-state index is 0. The molecule has 0 aliphatic carbocycles. The van der Waals surface area contributed by atoms with Crippen molar-refractivity contribution in [1.82, 2.24) is 14.3 Å². The molecule has 1 unspecified atom stereocenters. The molecule has 7 nitrogen and oxygen atoms in total. The average molecular weight is 441 g/mol. The monoisotopic (exact) mass is 440 g/mol. The van der Waals surface area contributed by atoms with Crippen LogP contribution in [0.2, 0.25) is 0 Å². The average Bonchev–Trinajstić information content (AvgIpc) is 3.41. The van der Waals surface area contributed by atoms with Crippen LogP contribution < -0.4 is 10.1 Å². The lowest BCUT2D eigenvalue weighted by Crippen LogP contribution is -2.31. The first-order valence-electron chi connectivity index (χ1n) is 10.3. The fourth-order valence-electron chi connectivity index (χ4n) is 4.12. The number of halogens is 1. The lowest BCUT2D eigenvalue weighted by atomic mass is 10.2. The number of nitrogens with zero attached hydrogens (tertiary/aromatic N) is 4. The third kappa shape index (κ3) is 4.24. The van der Waals surface area contributed by atoms with Crippen LogP contribution in [0.5, 0.6) is 5.75 Å². The maximum atomic E-state index is 9.60.